The quantitative estimate of drug-likeness (QED) is 0.217. The third-order valence-electron chi connectivity index (χ3n) is 3.65. The molecule has 7 heteroatoms. The summed E-state index contributed by atoms with van der Waals surface area (Å²) in [7, 11) is 0. The summed E-state index contributed by atoms with van der Waals surface area (Å²) in [5.41, 5.74) is 6.40. The number of amidine groups is 1. The van der Waals surface area contributed by atoms with Gasteiger partial charge in [0.05, 0.1) is 16.9 Å². The molecule has 3 aromatic carbocycles. The third kappa shape index (κ3) is 6.59. The molecule has 0 amide bonds. The largest absolute Gasteiger partial charge is 0.277 e. The minimum atomic E-state index is 0.572. The lowest BCUT2D eigenvalue weighted by Gasteiger charge is -1.98. The van der Waals surface area contributed by atoms with Crippen LogP contribution in [0.25, 0.3) is 11.0 Å². The molecule has 0 unspecified atom stereocenters. The molecule has 1 aromatic heterocycles. The Morgan fingerprint density at radius 3 is 2.10 bits per heavy atom. The number of aryl methyl sites for hydroxylation is 1. The summed E-state index contributed by atoms with van der Waals surface area (Å²) in [6.45, 7) is 3.63. The van der Waals surface area contributed by atoms with Crippen molar-refractivity contribution in [1.29, 1.82) is 0 Å². The Morgan fingerprint density at radius 1 is 0.759 bits per heavy atom. The fourth-order valence-electron chi connectivity index (χ4n) is 2.27. The van der Waals surface area contributed by atoms with Crippen LogP contribution in [0.2, 0.25) is 0 Å². The molecule has 0 aliphatic carbocycles. The molecule has 0 saturated carbocycles. The second-order valence-electron chi connectivity index (χ2n) is 6.02. The van der Waals surface area contributed by atoms with Gasteiger partial charge in [-0.05, 0) is 50.2 Å². The standard InChI is InChI=1S/C14H14N4.C8H7N3/c1-12(15-17-13-8-4-2-5-9-13)16-18-14-10-6-3-7-11-14;1-6-9-7-4-2-3-5-8(7)11-10-6/h2-11,17H,1H3;2-5H,1H3/b15-12+,18-16?;. The van der Waals surface area contributed by atoms with Gasteiger partial charge in [0.25, 0.3) is 0 Å². The summed E-state index contributed by atoms with van der Waals surface area (Å²) < 4.78 is 0. The van der Waals surface area contributed by atoms with Gasteiger partial charge < -0.3 is 0 Å². The smallest absolute Gasteiger partial charge is 0.167 e. The predicted molar refractivity (Wildman–Crippen MR) is 116 cm³/mol. The number of fused-ring (bicyclic) bond motifs is 1. The fourth-order valence-corrected chi connectivity index (χ4v) is 2.27. The van der Waals surface area contributed by atoms with Crippen LogP contribution >= 0.6 is 0 Å². The van der Waals surface area contributed by atoms with Crippen LogP contribution in [0.3, 0.4) is 0 Å². The Labute approximate surface area is 169 Å². The van der Waals surface area contributed by atoms with Crippen molar-refractivity contribution in [3.05, 3.63) is 90.8 Å². The van der Waals surface area contributed by atoms with Crippen molar-refractivity contribution in [2.24, 2.45) is 15.3 Å². The van der Waals surface area contributed by atoms with E-state index in [9.17, 15) is 0 Å². The molecule has 144 valence electrons. The number of para-hydroxylation sites is 2. The second kappa shape index (κ2) is 10.4. The first-order chi connectivity index (χ1) is 14.2. The summed E-state index contributed by atoms with van der Waals surface area (Å²) >= 11 is 0. The maximum Gasteiger partial charge on any atom is 0.167 e. The number of nitrogens with zero attached hydrogens (tertiary/aromatic N) is 6. The highest BCUT2D eigenvalue weighted by Crippen LogP contribution is 2.10. The van der Waals surface area contributed by atoms with Crippen LogP contribution in [0.1, 0.15) is 12.7 Å². The zero-order valence-corrected chi connectivity index (χ0v) is 16.3. The molecule has 0 spiro atoms. The lowest BCUT2D eigenvalue weighted by molar-refractivity contribution is 0.952. The van der Waals surface area contributed by atoms with Gasteiger partial charge in [-0.25, -0.2) is 4.98 Å². The van der Waals surface area contributed by atoms with Crippen LogP contribution in [-0.4, -0.2) is 21.0 Å². The van der Waals surface area contributed by atoms with E-state index in [-0.39, 0.29) is 0 Å². The number of hydrogen-bond donors (Lipinski definition) is 1. The second-order valence-corrected chi connectivity index (χ2v) is 6.02. The van der Waals surface area contributed by atoms with Gasteiger partial charge in [-0.3, -0.25) is 5.43 Å². The van der Waals surface area contributed by atoms with E-state index in [2.05, 4.69) is 35.9 Å². The van der Waals surface area contributed by atoms with Crippen molar-refractivity contribution < 1.29 is 0 Å². The van der Waals surface area contributed by atoms with Crippen molar-refractivity contribution in [3.8, 4) is 0 Å². The molecule has 1 N–H and O–H groups in total. The molecule has 4 aromatic rings. The zero-order chi connectivity index (χ0) is 20.3. The number of benzene rings is 3. The minimum absolute atomic E-state index is 0.572. The molecule has 29 heavy (non-hydrogen) atoms. The van der Waals surface area contributed by atoms with Gasteiger partial charge in [0.15, 0.2) is 5.84 Å². The zero-order valence-electron chi connectivity index (χ0n) is 16.3. The first-order valence-corrected chi connectivity index (χ1v) is 9.09. The minimum Gasteiger partial charge on any atom is -0.277 e. The number of nitrogens with one attached hydrogen (secondary N) is 1. The van der Waals surface area contributed by atoms with Gasteiger partial charge in [0.2, 0.25) is 0 Å². The van der Waals surface area contributed by atoms with Gasteiger partial charge in [0, 0.05) is 0 Å². The van der Waals surface area contributed by atoms with E-state index < -0.39 is 0 Å². The molecule has 0 aliphatic heterocycles. The molecule has 0 aliphatic rings. The summed E-state index contributed by atoms with van der Waals surface area (Å²) in [4.78, 5) is 4.20. The highest BCUT2D eigenvalue weighted by atomic mass is 15.3. The van der Waals surface area contributed by atoms with Gasteiger partial charge >= 0.3 is 0 Å². The predicted octanol–water partition coefficient (Wildman–Crippen LogP) is 5.55. The molecule has 7 nitrogen and oxygen atoms in total. The number of rotatable bonds is 3. The van der Waals surface area contributed by atoms with E-state index in [4.69, 9.17) is 0 Å². The third-order valence-corrected chi connectivity index (χ3v) is 3.65. The average Bonchev–Trinajstić information content (AvgIpc) is 2.78. The van der Waals surface area contributed by atoms with E-state index in [1.54, 1.807) is 6.92 Å². The maximum absolute atomic E-state index is 4.20. The summed E-state index contributed by atoms with van der Waals surface area (Å²) in [6, 6.07) is 27.0. The van der Waals surface area contributed by atoms with Crippen molar-refractivity contribution in [3.63, 3.8) is 0 Å². The van der Waals surface area contributed by atoms with Crippen molar-refractivity contribution in [1.82, 2.24) is 15.2 Å². The topological polar surface area (TPSA) is 87.8 Å². The molecule has 0 fully saturated rings. The normalized spacial score (nSPS) is 11.2. The SMILES string of the molecule is C/C(N=Nc1ccccc1)=N\Nc1ccccc1.Cc1nnc2ccccc2n1. The van der Waals surface area contributed by atoms with E-state index in [0.29, 0.717) is 11.7 Å². The molecule has 0 atom stereocenters. The Hall–Kier alpha value is -4.00. The highest BCUT2D eigenvalue weighted by molar-refractivity contribution is 5.80. The Balaban J connectivity index is 0.000000186. The molecule has 1 heterocycles. The molecule has 0 saturated heterocycles. The Morgan fingerprint density at radius 2 is 1.38 bits per heavy atom. The molecule has 0 radical (unpaired) electrons. The van der Waals surface area contributed by atoms with Gasteiger partial charge in [-0.2, -0.15) is 5.10 Å². The Kier molecular flexibility index (Phi) is 7.06. The first-order valence-electron chi connectivity index (χ1n) is 9.09. The summed E-state index contributed by atoms with van der Waals surface area (Å²) in [5.74, 6) is 1.28. The van der Waals surface area contributed by atoms with Gasteiger partial charge in [-0.15, -0.1) is 20.4 Å². The lowest BCUT2D eigenvalue weighted by Crippen LogP contribution is -1.93. The van der Waals surface area contributed by atoms with E-state index in [1.807, 2.05) is 91.9 Å². The van der Waals surface area contributed by atoms with Crippen LogP contribution < -0.4 is 5.43 Å². The lowest BCUT2D eigenvalue weighted by atomic mass is 10.3. The van der Waals surface area contributed by atoms with Crippen LogP contribution in [-0.2, 0) is 0 Å². The van der Waals surface area contributed by atoms with E-state index in [1.165, 1.54) is 0 Å². The number of anilines is 1. The maximum atomic E-state index is 4.20. The van der Waals surface area contributed by atoms with E-state index in [0.717, 1.165) is 22.4 Å². The summed E-state index contributed by atoms with van der Waals surface area (Å²) in [6.07, 6.45) is 0. The van der Waals surface area contributed by atoms with Crippen molar-refractivity contribution in [2.45, 2.75) is 13.8 Å². The summed E-state index contributed by atoms with van der Waals surface area (Å²) in [5, 5.41) is 20.0. The van der Waals surface area contributed by atoms with Crippen LogP contribution in [0, 0.1) is 6.92 Å². The monoisotopic (exact) mass is 383 g/mol. The highest BCUT2D eigenvalue weighted by Gasteiger charge is 1.94. The molecular formula is C22H21N7. The number of azo groups is 1. The van der Waals surface area contributed by atoms with Crippen LogP contribution in [0.15, 0.2) is 100 Å². The first kappa shape index (κ1) is 19.8. The Bertz CT molecular complexity index is 1090. The number of hydrogen-bond acceptors (Lipinski definition) is 6. The van der Waals surface area contributed by atoms with Gasteiger partial charge in [-0.1, -0.05) is 48.5 Å². The fraction of sp³-hybridized carbons (Fsp3) is 0.0909. The van der Waals surface area contributed by atoms with Crippen molar-refractivity contribution in [2.75, 3.05) is 5.43 Å². The molecule has 4 rings (SSSR count). The average molecular weight is 383 g/mol. The van der Waals surface area contributed by atoms with Gasteiger partial charge in [0.1, 0.15) is 11.3 Å². The van der Waals surface area contributed by atoms with Crippen LogP contribution in [0.5, 0.6) is 0 Å². The van der Waals surface area contributed by atoms with E-state index >= 15 is 0 Å². The number of hydrazone groups is 1. The molecular weight excluding hydrogens is 362 g/mol. The number of aromatic nitrogens is 3. The van der Waals surface area contributed by atoms with Crippen molar-refractivity contribution >= 4 is 28.2 Å². The van der Waals surface area contributed by atoms with Crippen LogP contribution in [0.4, 0.5) is 11.4 Å². The molecule has 0 bridgehead atoms.